The van der Waals surface area contributed by atoms with Crippen molar-refractivity contribution in [1.82, 2.24) is 14.9 Å². The first-order valence-corrected chi connectivity index (χ1v) is 5.07. The highest BCUT2D eigenvalue weighted by molar-refractivity contribution is 6.28. The fourth-order valence-corrected chi connectivity index (χ4v) is 1.53. The second-order valence-corrected chi connectivity index (χ2v) is 3.59. The molecule has 1 amide bonds. The first-order valence-electron chi connectivity index (χ1n) is 4.69. The molecule has 15 heavy (non-hydrogen) atoms. The summed E-state index contributed by atoms with van der Waals surface area (Å²) >= 11 is 5.54. The Morgan fingerprint density at radius 3 is 2.67 bits per heavy atom. The van der Waals surface area contributed by atoms with Gasteiger partial charge in [0.25, 0.3) is 5.91 Å². The van der Waals surface area contributed by atoms with Crippen LogP contribution in [0.5, 0.6) is 0 Å². The third-order valence-electron chi connectivity index (χ3n) is 2.21. The highest BCUT2D eigenvalue weighted by atomic mass is 35.5. The minimum Gasteiger partial charge on any atom is -0.335 e. The van der Waals surface area contributed by atoms with E-state index in [2.05, 4.69) is 16.0 Å². The Balaban J connectivity index is 2.13. The van der Waals surface area contributed by atoms with Crippen LogP contribution in [0.15, 0.2) is 24.5 Å². The van der Waals surface area contributed by atoms with E-state index in [0.717, 1.165) is 13.0 Å². The highest BCUT2D eigenvalue weighted by Crippen LogP contribution is 2.08. The van der Waals surface area contributed by atoms with Crippen molar-refractivity contribution in [2.24, 2.45) is 0 Å². The molecule has 0 atom stereocenters. The lowest BCUT2D eigenvalue weighted by molar-refractivity contribution is 0.0770. The molecule has 0 bridgehead atoms. The standard InChI is InChI=1S/C10H10ClN3O/c11-10-12-6-8(7-13-10)9(15)14-4-2-1-3-5-14/h1-2,6-7H,3-5H2. The zero-order valence-corrected chi connectivity index (χ0v) is 8.81. The van der Waals surface area contributed by atoms with E-state index in [1.165, 1.54) is 12.4 Å². The number of rotatable bonds is 1. The average Bonchev–Trinajstić information content (AvgIpc) is 2.30. The Morgan fingerprint density at radius 1 is 1.33 bits per heavy atom. The maximum atomic E-state index is 11.9. The Hall–Kier alpha value is -1.42. The fourth-order valence-electron chi connectivity index (χ4n) is 1.43. The Kier molecular flexibility index (Phi) is 2.97. The molecular formula is C10H10ClN3O. The number of carbonyl (C=O) groups excluding carboxylic acids is 1. The molecule has 1 aliphatic heterocycles. The molecule has 0 N–H and O–H groups in total. The Bertz CT molecular complexity index is 388. The number of halogens is 1. The predicted molar refractivity (Wildman–Crippen MR) is 56.7 cm³/mol. The SMILES string of the molecule is O=C(c1cnc(Cl)nc1)N1CC=CCC1. The van der Waals surface area contributed by atoms with Crippen LogP contribution in [-0.4, -0.2) is 33.9 Å². The van der Waals surface area contributed by atoms with Gasteiger partial charge in [0.15, 0.2) is 0 Å². The van der Waals surface area contributed by atoms with Gasteiger partial charge >= 0.3 is 0 Å². The van der Waals surface area contributed by atoms with Crippen LogP contribution in [0.2, 0.25) is 5.28 Å². The molecule has 2 heterocycles. The van der Waals surface area contributed by atoms with Gasteiger partial charge in [-0.15, -0.1) is 0 Å². The van der Waals surface area contributed by atoms with Crippen LogP contribution in [0, 0.1) is 0 Å². The quantitative estimate of drug-likeness (QED) is 0.536. The summed E-state index contributed by atoms with van der Waals surface area (Å²) in [4.78, 5) is 21.2. The molecule has 0 unspecified atom stereocenters. The van der Waals surface area contributed by atoms with Gasteiger partial charge in [-0.1, -0.05) is 12.2 Å². The van der Waals surface area contributed by atoms with Gasteiger partial charge in [-0.05, 0) is 18.0 Å². The van der Waals surface area contributed by atoms with Crippen LogP contribution in [0.4, 0.5) is 0 Å². The van der Waals surface area contributed by atoms with E-state index in [9.17, 15) is 4.79 Å². The van der Waals surface area contributed by atoms with Crippen molar-refractivity contribution in [3.8, 4) is 0 Å². The van der Waals surface area contributed by atoms with Gasteiger partial charge in [0.2, 0.25) is 5.28 Å². The zero-order chi connectivity index (χ0) is 10.7. The fraction of sp³-hybridized carbons (Fsp3) is 0.300. The van der Waals surface area contributed by atoms with Crippen LogP contribution < -0.4 is 0 Å². The zero-order valence-electron chi connectivity index (χ0n) is 8.06. The van der Waals surface area contributed by atoms with Crippen LogP contribution >= 0.6 is 11.6 Å². The average molecular weight is 224 g/mol. The summed E-state index contributed by atoms with van der Waals surface area (Å²) in [5.41, 5.74) is 0.481. The minimum atomic E-state index is -0.0454. The van der Waals surface area contributed by atoms with Crippen molar-refractivity contribution >= 4 is 17.5 Å². The minimum absolute atomic E-state index is 0.0454. The van der Waals surface area contributed by atoms with Crippen molar-refractivity contribution in [3.05, 3.63) is 35.4 Å². The molecule has 0 saturated carbocycles. The molecule has 2 rings (SSSR count). The molecule has 0 radical (unpaired) electrons. The summed E-state index contributed by atoms with van der Waals surface area (Å²) < 4.78 is 0. The highest BCUT2D eigenvalue weighted by Gasteiger charge is 2.16. The second-order valence-electron chi connectivity index (χ2n) is 3.25. The van der Waals surface area contributed by atoms with E-state index >= 15 is 0 Å². The number of hydrogen-bond acceptors (Lipinski definition) is 3. The number of carbonyl (C=O) groups is 1. The summed E-state index contributed by atoms with van der Waals surface area (Å²) in [6.45, 7) is 1.40. The maximum absolute atomic E-state index is 11.9. The van der Waals surface area contributed by atoms with Gasteiger partial charge in [0.05, 0.1) is 5.56 Å². The number of nitrogens with zero attached hydrogens (tertiary/aromatic N) is 3. The molecule has 4 nitrogen and oxygen atoms in total. The molecule has 0 spiro atoms. The van der Waals surface area contributed by atoms with Crippen molar-refractivity contribution < 1.29 is 4.79 Å². The smallest absolute Gasteiger partial charge is 0.257 e. The maximum Gasteiger partial charge on any atom is 0.257 e. The van der Waals surface area contributed by atoms with E-state index in [4.69, 9.17) is 11.6 Å². The Labute approximate surface area is 92.6 Å². The molecule has 1 aromatic heterocycles. The lowest BCUT2D eigenvalue weighted by Crippen LogP contribution is -2.33. The number of hydrogen-bond donors (Lipinski definition) is 0. The van der Waals surface area contributed by atoms with Crippen LogP contribution in [0.1, 0.15) is 16.8 Å². The van der Waals surface area contributed by atoms with Gasteiger partial charge in [0.1, 0.15) is 0 Å². The van der Waals surface area contributed by atoms with Crippen molar-refractivity contribution in [2.45, 2.75) is 6.42 Å². The topological polar surface area (TPSA) is 46.1 Å². The molecule has 1 aliphatic rings. The van der Waals surface area contributed by atoms with Gasteiger partial charge < -0.3 is 4.90 Å². The van der Waals surface area contributed by atoms with Gasteiger partial charge in [-0.2, -0.15) is 0 Å². The number of aromatic nitrogens is 2. The first kappa shape index (κ1) is 10.1. The largest absolute Gasteiger partial charge is 0.335 e. The summed E-state index contributed by atoms with van der Waals surface area (Å²) in [5.74, 6) is -0.0454. The second kappa shape index (κ2) is 4.40. The third kappa shape index (κ3) is 2.33. The summed E-state index contributed by atoms with van der Waals surface area (Å²) in [5, 5.41) is 0.157. The van der Waals surface area contributed by atoms with Crippen LogP contribution in [0.25, 0.3) is 0 Å². The molecule has 1 aromatic rings. The molecule has 0 saturated heterocycles. The van der Waals surface area contributed by atoms with E-state index in [-0.39, 0.29) is 11.2 Å². The van der Waals surface area contributed by atoms with Crippen LogP contribution in [-0.2, 0) is 0 Å². The molecule has 0 aliphatic carbocycles. The summed E-state index contributed by atoms with van der Waals surface area (Å²) in [6, 6.07) is 0. The normalized spacial score (nSPS) is 15.4. The lowest BCUT2D eigenvalue weighted by Gasteiger charge is -2.22. The van der Waals surface area contributed by atoms with Gasteiger partial charge in [0, 0.05) is 25.5 Å². The molecule has 78 valence electrons. The van der Waals surface area contributed by atoms with Crippen molar-refractivity contribution in [3.63, 3.8) is 0 Å². The first-order chi connectivity index (χ1) is 7.27. The molecule has 0 fully saturated rings. The van der Waals surface area contributed by atoms with E-state index in [1.54, 1.807) is 4.90 Å². The van der Waals surface area contributed by atoms with Crippen molar-refractivity contribution in [1.29, 1.82) is 0 Å². The van der Waals surface area contributed by atoms with E-state index < -0.39 is 0 Å². The third-order valence-corrected chi connectivity index (χ3v) is 2.41. The van der Waals surface area contributed by atoms with Gasteiger partial charge in [-0.25, -0.2) is 9.97 Å². The molecular weight excluding hydrogens is 214 g/mol. The monoisotopic (exact) mass is 223 g/mol. The Morgan fingerprint density at radius 2 is 2.07 bits per heavy atom. The van der Waals surface area contributed by atoms with Gasteiger partial charge in [-0.3, -0.25) is 4.79 Å². The van der Waals surface area contributed by atoms with E-state index in [1.807, 2.05) is 6.08 Å². The molecule has 0 aromatic carbocycles. The van der Waals surface area contributed by atoms with E-state index in [0.29, 0.717) is 12.1 Å². The lowest BCUT2D eigenvalue weighted by atomic mass is 10.2. The number of amides is 1. The van der Waals surface area contributed by atoms with Crippen molar-refractivity contribution in [2.75, 3.05) is 13.1 Å². The summed E-state index contributed by atoms with van der Waals surface area (Å²) in [7, 11) is 0. The van der Waals surface area contributed by atoms with Crippen LogP contribution in [0.3, 0.4) is 0 Å². The predicted octanol–water partition coefficient (Wildman–Crippen LogP) is 1.53. The molecule has 5 heteroatoms. The summed E-state index contributed by atoms with van der Waals surface area (Å²) in [6.07, 6.45) is 7.87.